The Bertz CT molecular complexity index is 647. The van der Waals surface area contributed by atoms with E-state index in [2.05, 4.69) is 16.8 Å². The highest BCUT2D eigenvalue weighted by atomic mass is 35.5. The maximum absolute atomic E-state index is 13.3. The number of alkyl halides is 3. The molecule has 152 valence electrons. The van der Waals surface area contributed by atoms with Gasteiger partial charge in [-0.1, -0.05) is 36.9 Å². The van der Waals surface area contributed by atoms with Crippen LogP contribution in [-0.2, 0) is 11.8 Å². The zero-order valence-corrected chi connectivity index (χ0v) is 16.5. The summed E-state index contributed by atoms with van der Waals surface area (Å²) < 4.78 is 40.0. The minimum Gasteiger partial charge on any atom is -0.385 e. The van der Waals surface area contributed by atoms with Crippen molar-refractivity contribution < 1.29 is 18.3 Å². The fourth-order valence-corrected chi connectivity index (χ4v) is 4.61. The van der Waals surface area contributed by atoms with Gasteiger partial charge in [0, 0.05) is 38.6 Å². The summed E-state index contributed by atoms with van der Waals surface area (Å²) in [6.07, 6.45) is -0.389. The van der Waals surface area contributed by atoms with Gasteiger partial charge in [-0.25, -0.2) is 0 Å². The highest BCUT2D eigenvalue weighted by molar-refractivity contribution is 6.31. The molecule has 3 nitrogen and oxygen atoms in total. The van der Waals surface area contributed by atoms with E-state index in [1.54, 1.807) is 6.07 Å². The van der Waals surface area contributed by atoms with E-state index in [1.807, 2.05) is 0 Å². The number of halogens is 4. The second kappa shape index (κ2) is 8.27. The predicted octanol–water partition coefficient (Wildman–Crippen LogP) is 4.37. The Labute approximate surface area is 164 Å². The number of aliphatic hydroxyl groups is 1. The van der Waals surface area contributed by atoms with Gasteiger partial charge in [0.25, 0.3) is 0 Å². The van der Waals surface area contributed by atoms with Gasteiger partial charge in [0.05, 0.1) is 16.2 Å². The fourth-order valence-electron chi connectivity index (χ4n) is 4.38. The number of nitrogens with zero attached hydrogens (tertiary/aromatic N) is 2. The first-order valence-corrected chi connectivity index (χ1v) is 10.1. The highest BCUT2D eigenvalue weighted by Gasteiger charge is 2.42. The summed E-state index contributed by atoms with van der Waals surface area (Å²) in [7, 11) is 2.09. The normalized spacial score (nSPS) is 28.9. The molecule has 0 aromatic heterocycles. The number of piperazine rings is 1. The average Bonchev–Trinajstić information content (AvgIpc) is 2.79. The van der Waals surface area contributed by atoms with Crippen LogP contribution in [0.1, 0.15) is 43.2 Å². The summed E-state index contributed by atoms with van der Waals surface area (Å²) in [4.78, 5) is 4.60. The van der Waals surface area contributed by atoms with E-state index in [1.165, 1.54) is 6.07 Å². The quantitative estimate of drug-likeness (QED) is 0.757. The van der Waals surface area contributed by atoms with Crippen molar-refractivity contribution in [1.29, 1.82) is 0 Å². The Hall–Kier alpha value is -0.820. The Morgan fingerprint density at radius 2 is 1.85 bits per heavy atom. The van der Waals surface area contributed by atoms with Crippen molar-refractivity contribution >= 4 is 11.6 Å². The fraction of sp³-hybridized carbons (Fsp3) is 0.700. The maximum atomic E-state index is 13.3. The zero-order chi connectivity index (χ0) is 19.7. The molecule has 3 rings (SSSR count). The lowest BCUT2D eigenvalue weighted by atomic mass is 9.77. The molecule has 7 heteroatoms. The molecule has 27 heavy (non-hydrogen) atoms. The predicted molar refractivity (Wildman–Crippen MR) is 101 cm³/mol. The zero-order valence-electron chi connectivity index (χ0n) is 15.7. The van der Waals surface area contributed by atoms with Crippen LogP contribution in [0.2, 0.25) is 5.02 Å². The monoisotopic (exact) mass is 404 g/mol. The summed E-state index contributed by atoms with van der Waals surface area (Å²) in [6.45, 7) is 4.53. The maximum Gasteiger partial charge on any atom is 0.417 e. The van der Waals surface area contributed by atoms with Gasteiger partial charge in [-0.3, -0.25) is 0 Å². The van der Waals surface area contributed by atoms with Gasteiger partial charge in [0.2, 0.25) is 0 Å². The first kappa shape index (κ1) is 20.9. The molecule has 0 bridgehead atoms. The topological polar surface area (TPSA) is 26.7 Å². The van der Waals surface area contributed by atoms with E-state index >= 15 is 0 Å². The van der Waals surface area contributed by atoms with Gasteiger partial charge in [0.1, 0.15) is 0 Å². The van der Waals surface area contributed by atoms with Crippen LogP contribution in [-0.4, -0.2) is 54.7 Å². The molecular weight excluding hydrogens is 377 g/mol. The summed E-state index contributed by atoms with van der Waals surface area (Å²) in [5.41, 5.74) is -1.76. The van der Waals surface area contributed by atoms with E-state index in [9.17, 15) is 18.3 Å². The molecule has 2 unspecified atom stereocenters. The molecule has 0 spiro atoms. The molecule has 0 radical (unpaired) electrons. The lowest BCUT2D eigenvalue weighted by Gasteiger charge is -2.41. The van der Waals surface area contributed by atoms with Gasteiger partial charge >= 0.3 is 6.18 Å². The summed E-state index contributed by atoms with van der Waals surface area (Å²) in [5, 5.41) is 11.3. The number of benzene rings is 1. The number of likely N-dealkylation sites (N-methyl/N-ethyl adjacent to an activating group) is 1. The Morgan fingerprint density at radius 1 is 1.15 bits per heavy atom. The lowest BCUT2D eigenvalue weighted by Crippen LogP contribution is -2.49. The van der Waals surface area contributed by atoms with Gasteiger partial charge < -0.3 is 14.9 Å². The molecule has 1 aromatic rings. The highest BCUT2D eigenvalue weighted by Crippen LogP contribution is 2.44. The van der Waals surface area contributed by atoms with Crippen molar-refractivity contribution in [2.24, 2.45) is 5.92 Å². The van der Waals surface area contributed by atoms with Crippen LogP contribution < -0.4 is 0 Å². The first-order chi connectivity index (χ1) is 12.7. The van der Waals surface area contributed by atoms with E-state index < -0.39 is 17.3 Å². The molecular formula is C20H28ClF3N2O. The average molecular weight is 405 g/mol. The number of hydrogen-bond donors (Lipinski definition) is 1. The van der Waals surface area contributed by atoms with Crippen molar-refractivity contribution in [3.8, 4) is 0 Å². The molecule has 1 saturated heterocycles. The smallest absolute Gasteiger partial charge is 0.385 e. The Kier molecular flexibility index (Phi) is 6.41. The van der Waals surface area contributed by atoms with Crippen molar-refractivity contribution in [2.75, 3.05) is 39.8 Å². The standard InChI is InChI=1S/C20H28ClF3N2O/c1-25-9-11-26(12-10-25)14-16-5-3-2-4-8-19(16,27)15-6-7-18(21)17(13-15)20(22,23)24/h6-7,13,16,27H,2-5,8-12,14H2,1H3. The van der Waals surface area contributed by atoms with Crippen LogP contribution in [0.4, 0.5) is 13.2 Å². The lowest BCUT2D eigenvalue weighted by molar-refractivity contribution is -0.137. The third-order valence-corrected chi connectivity index (χ3v) is 6.46. The molecule has 1 aliphatic carbocycles. The second-order valence-corrected chi connectivity index (χ2v) is 8.42. The molecule has 2 aliphatic rings. The minimum absolute atomic E-state index is 0.0781. The SMILES string of the molecule is CN1CCN(CC2CCCCCC2(O)c2ccc(Cl)c(C(F)(F)F)c2)CC1. The van der Waals surface area contributed by atoms with E-state index in [4.69, 9.17) is 11.6 Å². The molecule has 2 atom stereocenters. The van der Waals surface area contributed by atoms with Gasteiger partial charge in [0.15, 0.2) is 0 Å². The van der Waals surface area contributed by atoms with Crippen LogP contribution >= 0.6 is 11.6 Å². The molecule has 1 N–H and O–H groups in total. The van der Waals surface area contributed by atoms with E-state index in [0.29, 0.717) is 18.5 Å². The summed E-state index contributed by atoms with van der Waals surface area (Å²) in [6, 6.07) is 3.90. The third kappa shape index (κ3) is 4.78. The minimum atomic E-state index is -4.53. The van der Waals surface area contributed by atoms with Crippen molar-refractivity contribution in [1.82, 2.24) is 9.80 Å². The third-order valence-electron chi connectivity index (χ3n) is 6.13. The Morgan fingerprint density at radius 3 is 2.52 bits per heavy atom. The summed E-state index contributed by atoms with van der Waals surface area (Å²) >= 11 is 5.79. The molecule has 1 aromatic carbocycles. The largest absolute Gasteiger partial charge is 0.417 e. The van der Waals surface area contributed by atoms with Crippen molar-refractivity contribution in [3.05, 3.63) is 34.3 Å². The molecule has 0 amide bonds. The van der Waals surface area contributed by atoms with Gasteiger partial charge in [-0.15, -0.1) is 0 Å². The molecule has 1 aliphatic heterocycles. The first-order valence-electron chi connectivity index (χ1n) is 9.70. The Balaban J connectivity index is 1.89. The van der Waals surface area contributed by atoms with Crippen LogP contribution in [0.25, 0.3) is 0 Å². The molecule has 2 fully saturated rings. The summed E-state index contributed by atoms with van der Waals surface area (Å²) in [5.74, 6) is -0.0781. The number of hydrogen-bond acceptors (Lipinski definition) is 3. The van der Waals surface area contributed by atoms with Crippen LogP contribution in [0.15, 0.2) is 18.2 Å². The second-order valence-electron chi connectivity index (χ2n) is 8.02. The molecule has 1 heterocycles. The van der Waals surface area contributed by atoms with E-state index in [0.717, 1.165) is 57.9 Å². The van der Waals surface area contributed by atoms with Crippen molar-refractivity contribution in [3.63, 3.8) is 0 Å². The van der Waals surface area contributed by atoms with Crippen molar-refractivity contribution in [2.45, 2.75) is 43.9 Å². The van der Waals surface area contributed by atoms with Crippen LogP contribution in [0, 0.1) is 5.92 Å². The number of rotatable bonds is 3. The van der Waals surface area contributed by atoms with Crippen LogP contribution in [0.3, 0.4) is 0 Å². The molecule has 1 saturated carbocycles. The van der Waals surface area contributed by atoms with Gasteiger partial charge in [-0.2, -0.15) is 13.2 Å². The van der Waals surface area contributed by atoms with E-state index in [-0.39, 0.29) is 10.9 Å². The van der Waals surface area contributed by atoms with Crippen LogP contribution in [0.5, 0.6) is 0 Å². The van der Waals surface area contributed by atoms with Gasteiger partial charge in [-0.05, 0) is 37.6 Å².